The first-order valence-corrected chi connectivity index (χ1v) is 9.38. The van der Waals surface area contributed by atoms with Gasteiger partial charge in [0.25, 0.3) is 0 Å². The lowest BCUT2D eigenvalue weighted by Gasteiger charge is -2.26. The van der Waals surface area contributed by atoms with Gasteiger partial charge in [0.2, 0.25) is 0 Å². The second kappa shape index (κ2) is 8.69. The van der Waals surface area contributed by atoms with Crippen molar-refractivity contribution in [3.63, 3.8) is 0 Å². The molecule has 0 amide bonds. The zero-order valence-corrected chi connectivity index (χ0v) is 15.0. The molecule has 130 valence electrons. The molecule has 1 heterocycles. The van der Waals surface area contributed by atoms with Gasteiger partial charge in [0.05, 0.1) is 23.7 Å². The van der Waals surface area contributed by atoms with E-state index in [9.17, 15) is 8.42 Å². The Kier molecular flexibility index (Phi) is 7.58. The molecule has 1 aliphatic rings. The van der Waals surface area contributed by atoms with E-state index < -0.39 is 14.6 Å². The number of rotatable bonds is 6. The number of morpholine rings is 1. The molecule has 0 aromatic carbocycles. The van der Waals surface area contributed by atoms with Crippen LogP contribution in [0.25, 0.3) is 0 Å². The Bertz CT molecular complexity index is 451. The number of sulfone groups is 1. The minimum Gasteiger partial charge on any atom is -0.379 e. The van der Waals surface area contributed by atoms with Crippen LogP contribution in [0.15, 0.2) is 4.99 Å². The van der Waals surface area contributed by atoms with Gasteiger partial charge in [-0.1, -0.05) is 0 Å². The van der Waals surface area contributed by atoms with Crippen molar-refractivity contribution >= 4 is 15.8 Å². The fourth-order valence-electron chi connectivity index (χ4n) is 1.99. The molecule has 0 aliphatic carbocycles. The summed E-state index contributed by atoms with van der Waals surface area (Å²) in [6, 6.07) is 0. The van der Waals surface area contributed by atoms with E-state index in [0.29, 0.717) is 12.5 Å². The Morgan fingerprint density at radius 1 is 1.18 bits per heavy atom. The Hall–Kier alpha value is -0.860. The molecule has 2 N–H and O–H groups in total. The predicted octanol–water partition coefficient (Wildman–Crippen LogP) is -0.303. The van der Waals surface area contributed by atoms with Gasteiger partial charge in [-0.2, -0.15) is 0 Å². The smallest absolute Gasteiger partial charge is 0.191 e. The van der Waals surface area contributed by atoms with E-state index in [2.05, 4.69) is 20.5 Å². The fourth-order valence-corrected chi connectivity index (χ4v) is 2.97. The molecule has 0 radical (unpaired) electrons. The average molecular weight is 334 g/mol. The van der Waals surface area contributed by atoms with Gasteiger partial charge >= 0.3 is 0 Å². The van der Waals surface area contributed by atoms with E-state index in [1.165, 1.54) is 0 Å². The van der Waals surface area contributed by atoms with E-state index in [1.54, 1.807) is 27.8 Å². The first kappa shape index (κ1) is 19.2. The molecule has 1 fully saturated rings. The van der Waals surface area contributed by atoms with Crippen LogP contribution in [0.2, 0.25) is 0 Å². The maximum Gasteiger partial charge on any atom is 0.191 e. The summed E-state index contributed by atoms with van der Waals surface area (Å²) in [6.45, 7) is 10.7. The highest BCUT2D eigenvalue weighted by molar-refractivity contribution is 7.92. The van der Waals surface area contributed by atoms with Crippen LogP contribution < -0.4 is 10.6 Å². The number of nitrogens with zero attached hydrogens (tertiary/aromatic N) is 2. The molecular weight excluding hydrogens is 304 g/mol. The number of hydrogen-bond acceptors (Lipinski definition) is 5. The summed E-state index contributed by atoms with van der Waals surface area (Å²) in [5, 5.41) is 6.26. The summed E-state index contributed by atoms with van der Waals surface area (Å²) in [4.78, 5) is 6.44. The first-order valence-electron chi connectivity index (χ1n) is 7.73. The van der Waals surface area contributed by atoms with Crippen molar-refractivity contribution in [1.82, 2.24) is 15.5 Å². The van der Waals surface area contributed by atoms with Crippen LogP contribution in [0.3, 0.4) is 0 Å². The van der Waals surface area contributed by atoms with Crippen molar-refractivity contribution in [1.29, 1.82) is 0 Å². The van der Waals surface area contributed by atoms with Gasteiger partial charge in [-0.15, -0.1) is 0 Å². The summed E-state index contributed by atoms with van der Waals surface area (Å²) >= 11 is 0. The maximum atomic E-state index is 12.0. The van der Waals surface area contributed by atoms with E-state index in [0.717, 1.165) is 39.4 Å². The molecule has 0 unspecified atom stereocenters. The summed E-state index contributed by atoms with van der Waals surface area (Å²) in [7, 11) is -1.42. The lowest BCUT2D eigenvalue weighted by molar-refractivity contribution is 0.0389. The van der Waals surface area contributed by atoms with Crippen molar-refractivity contribution < 1.29 is 13.2 Å². The van der Waals surface area contributed by atoms with Crippen LogP contribution in [0.4, 0.5) is 0 Å². The fraction of sp³-hybridized carbons (Fsp3) is 0.929. The molecule has 0 saturated carbocycles. The molecular formula is C14H30N4O3S. The van der Waals surface area contributed by atoms with Gasteiger partial charge in [-0.25, -0.2) is 8.42 Å². The van der Waals surface area contributed by atoms with Crippen molar-refractivity contribution in [3.8, 4) is 0 Å². The highest BCUT2D eigenvalue weighted by Crippen LogP contribution is 2.15. The van der Waals surface area contributed by atoms with Crippen molar-refractivity contribution in [2.24, 2.45) is 4.99 Å². The molecule has 0 spiro atoms. The molecule has 1 aliphatic heterocycles. The third-order valence-corrected chi connectivity index (χ3v) is 6.25. The highest BCUT2D eigenvalue weighted by atomic mass is 32.2. The van der Waals surface area contributed by atoms with E-state index in [4.69, 9.17) is 4.74 Å². The zero-order valence-electron chi connectivity index (χ0n) is 14.2. The molecule has 7 nitrogen and oxygen atoms in total. The van der Waals surface area contributed by atoms with Gasteiger partial charge in [0, 0.05) is 39.8 Å². The summed E-state index contributed by atoms with van der Waals surface area (Å²) < 4.78 is 28.6. The number of hydrogen-bond donors (Lipinski definition) is 2. The van der Waals surface area contributed by atoms with Crippen molar-refractivity contribution in [2.45, 2.75) is 25.5 Å². The lowest BCUT2D eigenvalue weighted by atomic mass is 10.3. The molecule has 1 saturated heterocycles. The van der Waals surface area contributed by atoms with Crippen molar-refractivity contribution in [3.05, 3.63) is 0 Å². The van der Waals surface area contributed by atoms with Crippen LogP contribution in [0, 0.1) is 0 Å². The number of ether oxygens (including phenoxy) is 1. The quantitative estimate of drug-likeness (QED) is 0.512. The second-order valence-electron chi connectivity index (χ2n) is 6.31. The Morgan fingerprint density at radius 3 is 2.32 bits per heavy atom. The predicted molar refractivity (Wildman–Crippen MR) is 90.2 cm³/mol. The van der Waals surface area contributed by atoms with Gasteiger partial charge in [0.1, 0.15) is 0 Å². The maximum absolute atomic E-state index is 12.0. The monoisotopic (exact) mass is 334 g/mol. The van der Waals surface area contributed by atoms with Crippen LogP contribution >= 0.6 is 0 Å². The minimum absolute atomic E-state index is 0.0979. The number of guanidine groups is 1. The Labute approximate surface area is 134 Å². The lowest BCUT2D eigenvalue weighted by Crippen LogP contribution is -2.45. The topological polar surface area (TPSA) is 83.0 Å². The van der Waals surface area contributed by atoms with E-state index in [1.807, 2.05) is 0 Å². The standard InChI is InChI=1S/C14H30N4O3S/c1-14(2,3)22(19,20)12-6-17-13(15-4)16-5-7-18-8-10-21-11-9-18/h5-12H2,1-4H3,(H2,15,16,17). The average Bonchev–Trinajstić information content (AvgIpc) is 2.45. The van der Waals surface area contributed by atoms with E-state index in [-0.39, 0.29) is 5.75 Å². The number of nitrogens with one attached hydrogen (secondary N) is 2. The number of aliphatic imine (C=N–C) groups is 1. The normalized spacial score (nSPS) is 18.3. The van der Waals surface area contributed by atoms with Crippen LogP contribution in [0.1, 0.15) is 20.8 Å². The third-order valence-electron chi connectivity index (χ3n) is 3.64. The van der Waals surface area contributed by atoms with Gasteiger partial charge in [-0.05, 0) is 20.8 Å². The molecule has 0 atom stereocenters. The second-order valence-corrected chi connectivity index (χ2v) is 9.17. The van der Waals surface area contributed by atoms with Crippen LogP contribution in [0.5, 0.6) is 0 Å². The summed E-state index contributed by atoms with van der Waals surface area (Å²) in [5.74, 6) is 0.734. The highest BCUT2D eigenvalue weighted by Gasteiger charge is 2.28. The Balaban J connectivity index is 2.25. The van der Waals surface area contributed by atoms with Gasteiger partial charge in [-0.3, -0.25) is 9.89 Å². The van der Waals surface area contributed by atoms with Crippen LogP contribution in [-0.4, -0.2) is 82.8 Å². The SMILES string of the molecule is CN=C(NCCN1CCOCC1)NCCS(=O)(=O)C(C)(C)C. The van der Waals surface area contributed by atoms with Crippen LogP contribution in [-0.2, 0) is 14.6 Å². The third kappa shape index (κ3) is 6.50. The first-order chi connectivity index (χ1) is 10.3. The molecule has 22 heavy (non-hydrogen) atoms. The largest absolute Gasteiger partial charge is 0.379 e. The summed E-state index contributed by atoms with van der Waals surface area (Å²) in [5.41, 5.74) is 0. The Morgan fingerprint density at radius 2 is 1.77 bits per heavy atom. The molecule has 8 heteroatoms. The molecule has 0 aromatic heterocycles. The zero-order chi connectivity index (χ0) is 16.6. The molecule has 1 rings (SSSR count). The van der Waals surface area contributed by atoms with Crippen molar-refractivity contribution in [2.75, 3.05) is 58.7 Å². The minimum atomic E-state index is -3.11. The molecule has 0 aromatic rings. The van der Waals surface area contributed by atoms with Gasteiger partial charge in [0.15, 0.2) is 15.8 Å². The van der Waals surface area contributed by atoms with E-state index >= 15 is 0 Å². The summed E-state index contributed by atoms with van der Waals surface area (Å²) in [6.07, 6.45) is 0. The molecule has 0 bridgehead atoms. The van der Waals surface area contributed by atoms with Gasteiger partial charge < -0.3 is 15.4 Å².